The molecule has 1 unspecified atom stereocenters. The molecule has 168 valence electrons. The van der Waals surface area contributed by atoms with Gasteiger partial charge < -0.3 is 14.6 Å². The number of aliphatic hydroxyl groups excluding tert-OH is 1. The van der Waals surface area contributed by atoms with Gasteiger partial charge in [0.1, 0.15) is 17.3 Å². The van der Waals surface area contributed by atoms with Crippen LogP contribution in [-0.4, -0.2) is 30.5 Å². The average molecular weight is 443 g/mol. The highest BCUT2D eigenvalue weighted by molar-refractivity contribution is 6.51. The number of hydrogen-bond acceptors (Lipinski definition) is 5. The maximum atomic E-state index is 13.2. The van der Waals surface area contributed by atoms with Crippen molar-refractivity contribution < 1.29 is 24.2 Å². The van der Waals surface area contributed by atoms with Crippen molar-refractivity contribution in [1.29, 1.82) is 0 Å². The third kappa shape index (κ3) is 4.32. The molecule has 1 atom stereocenters. The molecule has 6 heteroatoms. The van der Waals surface area contributed by atoms with Crippen LogP contribution < -0.4 is 14.4 Å². The summed E-state index contributed by atoms with van der Waals surface area (Å²) in [5, 5.41) is 11.1. The summed E-state index contributed by atoms with van der Waals surface area (Å²) in [4.78, 5) is 27.8. The molecule has 4 rings (SSSR count). The number of nitrogens with zero attached hydrogens (tertiary/aromatic N) is 1. The lowest BCUT2D eigenvalue weighted by molar-refractivity contribution is -0.132. The highest BCUT2D eigenvalue weighted by atomic mass is 16.5. The van der Waals surface area contributed by atoms with Crippen LogP contribution in [0.2, 0.25) is 0 Å². The zero-order valence-corrected chi connectivity index (χ0v) is 18.5. The first-order valence-corrected chi connectivity index (χ1v) is 10.8. The van der Waals surface area contributed by atoms with Gasteiger partial charge in [-0.1, -0.05) is 49.4 Å². The number of hydrogen-bond donors (Lipinski definition) is 1. The molecule has 3 aromatic rings. The highest BCUT2D eigenvalue weighted by Gasteiger charge is 2.47. The number of carbonyl (C=O) groups is 2. The van der Waals surface area contributed by atoms with E-state index in [0.29, 0.717) is 34.9 Å². The molecule has 0 radical (unpaired) electrons. The molecule has 3 aromatic carbocycles. The Balaban J connectivity index is 1.89. The van der Waals surface area contributed by atoms with E-state index in [1.807, 2.05) is 31.2 Å². The minimum Gasteiger partial charge on any atom is -0.507 e. The van der Waals surface area contributed by atoms with Crippen molar-refractivity contribution in [3.63, 3.8) is 0 Å². The van der Waals surface area contributed by atoms with E-state index in [0.717, 1.165) is 6.42 Å². The van der Waals surface area contributed by atoms with Crippen LogP contribution in [0.3, 0.4) is 0 Å². The first-order chi connectivity index (χ1) is 16.0. The maximum absolute atomic E-state index is 13.2. The van der Waals surface area contributed by atoms with E-state index in [-0.39, 0.29) is 11.3 Å². The van der Waals surface area contributed by atoms with Crippen molar-refractivity contribution in [3.05, 3.63) is 95.6 Å². The van der Waals surface area contributed by atoms with Crippen molar-refractivity contribution >= 4 is 23.1 Å². The van der Waals surface area contributed by atoms with E-state index >= 15 is 0 Å². The number of amides is 1. The second-order valence-corrected chi connectivity index (χ2v) is 7.65. The minimum absolute atomic E-state index is 0.0367. The van der Waals surface area contributed by atoms with E-state index in [1.165, 1.54) is 4.90 Å². The Kier molecular flexibility index (Phi) is 6.45. The molecule has 1 aliphatic heterocycles. The summed E-state index contributed by atoms with van der Waals surface area (Å²) in [6, 6.07) is 22.1. The first-order valence-electron chi connectivity index (χ1n) is 10.8. The van der Waals surface area contributed by atoms with Crippen molar-refractivity contribution in [2.75, 3.05) is 18.6 Å². The third-order valence-electron chi connectivity index (χ3n) is 5.49. The number of Topliss-reactive ketones (excluding diaryl/α,β-unsaturated/α-hetero) is 1. The van der Waals surface area contributed by atoms with E-state index in [9.17, 15) is 14.7 Å². The zero-order chi connectivity index (χ0) is 23.4. The molecular weight excluding hydrogens is 418 g/mol. The quantitative estimate of drug-likeness (QED) is 0.312. The molecule has 1 N–H and O–H groups in total. The van der Waals surface area contributed by atoms with Crippen molar-refractivity contribution in [2.24, 2.45) is 0 Å². The summed E-state index contributed by atoms with van der Waals surface area (Å²) < 4.78 is 11.0. The normalized spacial score (nSPS) is 17.3. The van der Waals surface area contributed by atoms with Gasteiger partial charge in [-0.15, -0.1) is 0 Å². The lowest BCUT2D eigenvalue weighted by Crippen LogP contribution is -2.29. The molecule has 0 bridgehead atoms. The van der Waals surface area contributed by atoms with E-state index in [4.69, 9.17) is 9.47 Å². The number of carbonyl (C=O) groups excluding carboxylic acids is 2. The van der Waals surface area contributed by atoms with E-state index < -0.39 is 17.7 Å². The van der Waals surface area contributed by atoms with E-state index in [2.05, 4.69) is 0 Å². The van der Waals surface area contributed by atoms with E-state index in [1.54, 1.807) is 61.7 Å². The van der Waals surface area contributed by atoms with Gasteiger partial charge in [0.15, 0.2) is 0 Å². The number of ether oxygens (including phenoxy) is 2. The van der Waals surface area contributed by atoms with Crippen LogP contribution >= 0.6 is 0 Å². The Bertz CT molecular complexity index is 1180. The average Bonchev–Trinajstić information content (AvgIpc) is 3.13. The van der Waals surface area contributed by atoms with Gasteiger partial charge in [0.25, 0.3) is 11.7 Å². The molecule has 0 aromatic heterocycles. The summed E-state index contributed by atoms with van der Waals surface area (Å²) in [6.45, 7) is 2.56. The van der Waals surface area contributed by atoms with Crippen LogP contribution in [0.4, 0.5) is 5.69 Å². The number of benzene rings is 3. The Morgan fingerprint density at radius 1 is 0.939 bits per heavy atom. The van der Waals surface area contributed by atoms with Crippen LogP contribution in [0.1, 0.15) is 30.5 Å². The molecular formula is C27H25NO5. The lowest BCUT2D eigenvalue weighted by Gasteiger charge is -2.26. The second-order valence-electron chi connectivity index (χ2n) is 7.65. The summed E-state index contributed by atoms with van der Waals surface area (Å²) in [7, 11) is 1.56. The number of anilines is 1. The summed E-state index contributed by atoms with van der Waals surface area (Å²) in [5.41, 5.74) is 1.69. The standard InChI is InChI=1S/C27H25NO5/c1-3-16-33-22-11-7-10-19(17-22)24-23(25(29)18-8-5-4-6-9-18)26(30)27(31)28(24)20-12-14-21(32-2)15-13-20/h4-15,17,24,29H,3,16H2,1-2H3/b25-23-. The summed E-state index contributed by atoms with van der Waals surface area (Å²) in [6.07, 6.45) is 0.850. The molecule has 6 nitrogen and oxygen atoms in total. The van der Waals surface area contributed by atoms with Crippen molar-refractivity contribution in [2.45, 2.75) is 19.4 Å². The van der Waals surface area contributed by atoms with Crippen molar-refractivity contribution in [1.82, 2.24) is 0 Å². The number of ketones is 1. The SMILES string of the molecule is CCCOc1cccc(C2/C(=C(/O)c3ccccc3)C(=O)C(=O)N2c2ccc(OC)cc2)c1. The molecule has 1 saturated heterocycles. The highest BCUT2D eigenvalue weighted by Crippen LogP contribution is 2.43. The van der Waals surface area contributed by atoms with Gasteiger partial charge in [0.2, 0.25) is 0 Å². The molecule has 0 saturated carbocycles. The molecule has 1 amide bonds. The van der Waals surface area contributed by atoms with Crippen molar-refractivity contribution in [3.8, 4) is 11.5 Å². The van der Waals surface area contributed by atoms with Crippen LogP contribution in [0, 0.1) is 0 Å². The molecule has 1 aliphatic rings. The van der Waals surface area contributed by atoms with Crippen LogP contribution in [0.25, 0.3) is 5.76 Å². The molecule has 0 spiro atoms. The predicted octanol–water partition coefficient (Wildman–Crippen LogP) is 5.11. The first kappa shape index (κ1) is 22.1. The molecule has 0 aliphatic carbocycles. The molecule has 33 heavy (non-hydrogen) atoms. The van der Waals surface area contributed by atoms with Gasteiger partial charge in [0.05, 0.1) is 25.3 Å². The predicted molar refractivity (Wildman–Crippen MR) is 126 cm³/mol. The van der Waals surface area contributed by atoms with Crippen LogP contribution in [0.15, 0.2) is 84.4 Å². The van der Waals surface area contributed by atoms with Crippen LogP contribution in [-0.2, 0) is 9.59 Å². The maximum Gasteiger partial charge on any atom is 0.300 e. The van der Waals surface area contributed by atoms with Gasteiger partial charge in [-0.2, -0.15) is 0 Å². The Morgan fingerprint density at radius 2 is 1.67 bits per heavy atom. The van der Waals surface area contributed by atoms with Gasteiger partial charge in [-0.25, -0.2) is 0 Å². The topological polar surface area (TPSA) is 76.1 Å². The van der Waals surface area contributed by atoms with Gasteiger partial charge >= 0.3 is 0 Å². The summed E-state index contributed by atoms with van der Waals surface area (Å²) >= 11 is 0. The molecule has 1 heterocycles. The van der Waals surface area contributed by atoms with Gasteiger partial charge in [-0.05, 0) is 48.4 Å². The minimum atomic E-state index is -0.816. The van der Waals surface area contributed by atoms with Gasteiger partial charge in [0, 0.05) is 11.3 Å². The third-order valence-corrected chi connectivity index (χ3v) is 5.49. The fourth-order valence-corrected chi connectivity index (χ4v) is 3.90. The Labute approximate surface area is 192 Å². The smallest absolute Gasteiger partial charge is 0.300 e. The number of aliphatic hydroxyl groups is 1. The van der Waals surface area contributed by atoms with Crippen LogP contribution in [0.5, 0.6) is 11.5 Å². The Hall–Kier alpha value is -4.06. The molecule has 1 fully saturated rings. The number of rotatable bonds is 7. The fourth-order valence-electron chi connectivity index (χ4n) is 3.90. The lowest BCUT2D eigenvalue weighted by atomic mass is 9.95. The fraction of sp³-hybridized carbons (Fsp3) is 0.185. The monoisotopic (exact) mass is 443 g/mol. The Morgan fingerprint density at radius 3 is 2.33 bits per heavy atom. The van der Waals surface area contributed by atoms with Gasteiger partial charge in [-0.3, -0.25) is 14.5 Å². The summed E-state index contributed by atoms with van der Waals surface area (Å²) in [5.74, 6) is -0.394. The zero-order valence-electron chi connectivity index (χ0n) is 18.5. The largest absolute Gasteiger partial charge is 0.507 e. The number of methoxy groups -OCH3 is 1. The second kappa shape index (κ2) is 9.61.